The summed E-state index contributed by atoms with van der Waals surface area (Å²) in [5.74, 6) is 0.0860. The van der Waals surface area contributed by atoms with E-state index in [9.17, 15) is 10.1 Å². The molecule has 1 atom stereocenters. The maximum atomic E-state index is 11.1. The topological polar surface area (TPSA) is 61.0 Å². The van der Waals surface area contributed by atoms with Crippen molar-refractivity contribution >= 4 is 5.69 Å². The molecule has 0 aliphatic carbocycles. The molecule has 0 saturated carbocycles. The largest absolute Gasteiger partial charge is 0.334 e. The molecular formula is C13H13N3O2. The first-order valence-corrected chi connectivity index (χ1v) is 6.00. The van der Waals surface area contributed by atoms with Crippen LogP contribution in [0.3, 0.4) is 0 Å². The molecule has 0 saturated heterocycles. The third kappa shape index (κ3) is 1.68. The molecule has 5 heteroatoms. The van der Waals surface area contributed by atoms with Crippen LogP contribution < -0.4 is 0 Å². The van der Waals surface area contributed by atoms with Crippen molar-refractivity contribution in [2.45, 2.75) is 25.3 Å². The number of benzene rings is 1. The van der Waals surface area contributed by atoms with E-state index >= 15 is 0 Å². The molecule has 0 spiro atoms. The van der Waals surface area contributed by atoms with Gasteiger partial charge in [0.05, 0.1) is 11.3 Å². The van der Waals surface area contributed by atoms with Crippen LogP contribution in [0.15, 0.2) is 36.8 Å². The van der Waals surface area contributed by atoms with E-state index < -0.39 is 0 Å². The number of para-hydroxylation sites is 1. The van der Waals surface area contributed by atoms with Crippen molar-refractivity contribution in [1.82, 2.24) is 9.55 Å². The van der Waals surface area contributed by atoms with Crippen LogP contribution in [-0.4, -0.2) is 14.5 Å². The molecule has 0 amide bonds. The quantitative estimate of drug-likeness (QED) is 0.601. The Morgan fingerprint density at radius 3 is 3.06 bits per heavy atom. The number of imidazole rings is 1. The van der Waals surface area contributed by atoms with Crippen LogP contribution in [0.25, 0.3) is 0 Å². The number of aryl methyl sites for hydroxylation is 1. The number of aromatic nitrogens is 2. The second-order valence-corrected chi connectivity index (χ2v) is 4.52. The Morgan fingerprint density at radius 2 is 2.22 bits per heavy atom. The Kier molecular flexibility index (Phi) is 2.59. The van der Waals surface area contributed by atoms with E-state index in [0.29, 0.717) is 0 Å². The fraction of sp³-hybridized carbons (Fsp3) is 0.308. The van der Waals surface area contributed by atoms with Gasteiger partial charge in [-0.1, -0.05) is 18.2 Å². The van der Waals surface area contributed by atoms with Gasteiger partial charge in [0.25, 0.3) is 5.69 Å². The number of nitro benzene ring substituents is 1. The molecule has 0 radical (unpaired) electrons. The summed E-state index contributed by atoms with van der Waals surface area (Å²) in [6.45, 7) is 0.951. The second-order valence-electron chi connectivity index (χ2n) is 4.52. The molecule has 1 aliphatic rings. The van der Waals surface area contributed by atoms with Gasteiger partial charge < -0.3 is 4.57 Å². The smallest absolute Gasteiger partial charge is 0.273 e. The van der Waals surface area contributed by atoms with E-state index in [2.05, 4.69) is 9.55 Å². The first-order chi connectivity index (χ1) is 8.77. The van der Waals surface area contributed by atoms with Crippen LogP contribution in [0.5, 0.6) is 0 Å². The minimum Gasteiger partial charge on any atom is -0.334 e. The standard InChI is InChI=1S/C13H13N3O2/c17-16(18)12-6-2-1-4-10(12)11-5-3-7-15-9-14-8-13(11)15/h1-2,4,6,8-9,11H,3,5,7H2. The molecule has 18 heavy (non-hydrogen) atoms. The highest BCUT2D eigenvalue weighted by Crippen LogP contribution is 2.37. The van der Waals surface area contributed by atoms with Gasteiger partial charge in [0.15, 0.2) is 0 Å². The van der Waals surface area contributed by atoms with E-state index in [1.54, 1.807) is 18.5 Å². The van der Waals surface area contributed by atoms with Crippen molar-refractivity contribution in [2.75, 3.05) is 0 Å². The van der Waals surface area contributed by atoms with Crippen LogP contribution >= 0.6 is 0 Å². The highest BCUT2D eigenvalue weighted by molar-refractivity contribution is 5.45. The average molecular weight is 243 g/mol. The predicted octanol–water partition coefficient (Wildman–Crippen LogP) is 2.72. The van der Waals surface area contributed by atoms with Crippen molar-refractivity contribution < 1.29 is 4.92 Å². The van der Waals surface area contributed by atoms with Gasteiger partial charge in [0.1, 0.15) is 0 Å². The van der Waals surface area contributed by atoms with E-state index in [1.807, 2.05) is 18.3 Å². The number of hydrogen-bond donors (Lipinski definition) is 0. The van der Waals surface area contributed by atoms with E-state index in [4.69, 9.17) is 0 Å². The first-order valence-electron chi connectivity index (χ1n) is 6.00. The van der Waals surface area contributed by atoms with E-state index in [-0.39, 0.29) is 16.5 Å². The summed E-state index contributed by atoms with van der Waals surface area (Å²) < 4.78 is 2.09. The Labute approximate surface area is 104 Å². The number of rotatable bonds is 2. The molecule has 1 aromatic carbocycles. The third-order valence-corrected chi connectivity index (χ3v) is 3.50. The first kappa shape index (κ1) is 11.0. The summed E-state index contributed by atoms with van der Waals surface area (Å²) in [6.07, 6.45) is 5.59. The lowest BCUT2D eigenvalue weighted by Gasteiger charge is -2.24. The molecule has 1 unspecified atom stereocenters. The molecule has 1 aromatic heterocycles. The van der Waals surface area contributed by atoms with Gasteiger partial charge in [-0.25, -0.2) is 4.98 Å². The number of hydrogen-bond acceptors (Lipinski definition) is 3. The molecule has 2 aromatic rings. The van der Waals surface area contributed by atoms with Gasteiger partial charge in [-0.2, -0.15) is 0 Å². The van der Waals surface area contributed by atoms with Crippen molar-refractivity contribution in [3.05, 3.63) is 58.2 Å². The zero-order valence-electron chi connectivity index (χ0n) is 9.82. The molecule has 92 valence electrons. The van der Waals surface area contributed by atoms with Crippen molar-refractivity contribution in [3.63, 3.8) is 0 Å². The zero-order valence-corrected chi connectivity index (χ0v) is 9.82. The van der Waals surface area contributed by atoms with Crippen LogP contribution in [0, 0.1) is 10.1 Å². The van der Waals surface area contributed by atoms with Gasteiger partial charge in [-0.3, -0.25) is 10.1 Å². The van der Waals surface area contributed by atoms with Crippen LogP contribution in [-0.2, 0) is 6.54 Å². The highest BCUT2D eigenvalue weighted by Gasteiger charge is 2.27. The third-order valence-electron chi connectivity index (χ3n) is 3.50. The maximum absolute atomic E-state index is 11.1. The summed E-state index contributed by atoms with van der Waals surface area (Å²) >= 11 is 0. The van der Waals surface area contributed by atoms with Gasteiger partial charge in [0.2, 0.25) is 0 Å². The molecule has 1 aliphatic heterocycles. The Hall–Kier alpha value is -2.17. The molecule has 3 rings (SSSR count). The monoisotopic (exact) mass is 243 g/mol. The highest BCUT2D eigenvalue weighted by atomic mass is 16.6. The van der Waals surface area contributed by atoms with Crippen molar-refractivity contribution in [2.24, 2.45) is 0 Å². The number of fused-ring (bicyclic) bond motifs is 1. The molecule has 5 nitrogen and oxygen atoms in total. The zero-order chi connectivity index (χ0) is 12.5. The fourth-order valence-electron chi connectivity index (χ4n) is 2.68. The van der Waals surface area contributed by atoms with Crippen LogP contribution in [0.1, 0.15) is 30.0 Å². The molecule has 2 heterocycles. The Morgan fingerprint density at radius 1 is 1.39 bits per heavy atom. The number of nitrogens with zero attached hydrogens (tertiary/aromatic N) is 3. The van der Waals surface area contributed by atoms with Gasteiger partial charge in [0, 0.05) is 36.0 Å². The molecular weight excluding hydrogens is 230 g/mol. The van der Waals surface area contributed by atoms with Gasteiger partial charge in [-0.15, -0.1) is 0 Å². The number of nitro groups is 1. The fourth-order valence-corrected chi connectivity index (χ4v) is 2.68. The minimum atomic E-state index is -0.301. The normalized spacial score (nSPS) is 18.3. The van der Waals surface area contributed by atoms with Gasteiger partial charge in [-0.05, 0) is 12.8 Å². The predicted molar refractivity (Wildman–Crippen MR) is 66.4 cm³/mol. The summed E-state index contributed by atoms with van der Waals surface area (Å²) in [5.41, 5.74) is 2.08. The summed E-state index contributed by atoms with van der Waals surface area (Å²) in [7, 11) is 0. The lowest BCUT2D eigenvalue weighted by atomic mass is 9.88. The van der Waals surface area contributed by atoms with E-state index in [0.717, 1.165) is 30.6 Å². The molecule has 0 bridgehead atoms. The lowest BCUT2D eigenvalue weighted by molar-refractivity contribution is -0.385. The maximum Gasteiger partial charge on any atom is 0.273 e. The molecule has 0 N–H and O–H groups in total. The van der Waals surface area contributed by atoms with Crippen LogP contribution in [0.2, 0.25) is 0 Å². The average Bonchev–Trinajstić information content (AvgIpc) is 2.86. The van der Waals surface area contributed by atoms with E-state index in [1.165, 1.54) is 0 Å². The Bertz CT molecular complexity index is 591. The van der Waals surface area contributed by atoms with Gasteiger partial charge >= 0.3 is 0 Å². The summed E-state index contributed by atoms with van der Waals surface area (Å²) in [4.78, 5) is 14.9. The van der Waals surface area contributed by atoms with Crippen LogP contribution in [0.4, 0.5) is 5.69 Å². The SMILES string of the molecule is O=[N+]([O-])c1ccccc1C1CCCn2cncc21. The van der Waals surface area contributed by atoms with Crippen molar-refractivity contribution in [1.29, 1.82) is 0 Å². The summed E-state index contributed by atoms with van der Waals surface area (Å²) in [5, 5.41) is 11.1. The Balaban J connectivity index is 2.10. The lowest BCUT2D eigenvalue weighted by Crippen LogP contribution is -2.16. The second kappa shape index (κ2) is 4.25. The molecule has 0 fully saturated rings. The minimum absolute atomic E-state index is 0.0860. The summed E-state index contributed by atoms with van der Waals surface area (Å²) in [6, 6.07) is 7.00. The van der Waals surface area contributed by atoms with Crippen molar-refractivity contribution in [3.8, 4) is 0 Å².